The van der Waals surface area contributed by atoms with Gasteiger partial charge in [0.15, 0.2) is 0 Å². The first-order chi connectivity index (χ1) is 12.9. The molecular formula is C20H29N3O4. The quantitative estimate of drug-likeness (QED) is 0.763. The van der Waals surface area contributed by atoms with Crippen LogP contribution in [-0.4, -0.2) is 55.0 Å². The van der Waals surface area contributed by atoms with E-state index in [0.29, 0.717) is 37.4 Å². The highest BCUT2D eigenvalue weighted by Crippen LogP contribution is 2.23. The number of nitrogens with zero attached hydrogens (tertiary/aromatic N) is 1. The van der Waals surface area contributed by atoms with Crippen LogP contribution in [0.2, 0.25) is 0 Å². The molecule has 1 aromatic rings. The summed E-state index contributed by atoms with van der Waals surface area (Å²) in [5.41, 5.74) is 1.16. The summed E-state index contributed by atoms with van der Waals surface area (Å²) in [6, 6.07) is 7.02. The molecular weight excluding hydrogens is 346 g/mol. The summed E-state index contributed by atoms with van der Waals surface area (Å²) in [6.45, 7) is 7.12. The number of likely N-dealkylation sites (tertiary alicyclic amines) is 1. The van der Waals surface area contributed by atoms with Gasteiger partial charge in [-0.05, 0) is 43.9 Å². The van der Waals surface area contributed by atoms with E-state index >= 15 is 0 Å². The van der Waals surface area contributed by atoms with Gasteiger partial charge in [0.1, 0.15) is 6.61 Å². The zero-order valence-electron chi connectivity index (χ0n) is 16.3. The number of ether oxygens (including phenoxy) is 1. The fraction of sp³-hybridized carbons (Fsp3) is 0.550. The number of piperidine rings is 1. The van der Waals surface area contributed by atoms with E-state index in [9.17, 15) is 14.4 Å². The van der Waals surface area contributed by atoms with Crippen LogP contribution in [0.1, 0.15) is 44.0 Å². The maximum Gasteiger partial charge on any atom is 0.253 e. The van der Waals surface area contributed by atoms with Crippen molar-refractivity contribution in [3.63, 3.8) is 0 Å². The summed E-state index contributed by atoms with van der Waals surface area (Å²) >= 11 is 0. The number of nitrogens with one attached hydrogen (secondary N) is 2. The van der Waals surface area contributed by atoms with Gasteiger partial charge in [-0.3, -0.25) is 14.4 Å². The normalized spacial score (nSPS) is 19.4. The molecule has 0 bridgehead atoms. The molecule has 0 unspecified atom stereocenters. The summed E-state index contributed by atoms with van der Waals surface area (Å²) in [6.07, 6.45) is 1.59. The molecule has 0 radical (unpaired) electrons. The molecule has 7 heteroatoms. The first kappa shape index (κ1) is 20.9. The summed E-state index contributed by atoms with van der Waals surface area (Å²) in [5.74, 6) is -0.135. The van der Waals surface area contributed by atoms with Crippen molar-refractivity contribution in [2.75, 3.05) is 31.6 Å². The molecule has 1 aromatic carbocycles. The number of rotatable bonds is 7. The predicted octanol–water partition coefficient (Wildman–Crippen LogP) is 2.04. The van der Waals surface area contributed by atoms with E-state index in [0.717, 1.165) is 6.42 Å². The van der Waals surface area contributed by atoms with Crippen LogP contribution in [0.25, 0.3) is 0 Å². The molecule has 2 atom stereocenters. The van der Waals surface area contributed by atoms with Gasteiger partial charge >= 0.3 is 0 Å². The zero-order chi connectivity index (χ0) is 19.8. The Morgan fingerprint density at radius 3 is 2.70 bits per heavy atom. The Bertz CT molecular complexity index is 677. The van der Waals surface area contributed by atoms with E-state index in [-0.39, 0.29) is 36.3 Å². The highest BCUT2D eigenvalue weighted by atomic mass is 16.5. The Morgan fingerprint density at radius 2 is 2.04 bits per heavy atom. The van der Waals surface area contributed by atoms with Crippen LogP contribution in [0.15, 0.2) is 24.3 Å². The Labute approximate surface area is 160 Å². The van der Waals surface area contributed by atoms with Crippen LogP contribution in [0.5, 0.6) is 0 Å². The lowest BCUT2D eigenvalue weighted by Crippen LogP contribution is -2.52. The fourth-order valence-electron chi connectivity index (χ4n) is 3.38. The highest BCUT2D eigenvalue weighted by molar-refractivity contribution is 5.96. The van der Waals surface area contributed by atoms with Crippen molar-refractivity contribution in [2.24, 2.45) is 5.92 Å². The molecule has 0 spiro atoms. The van der Waals surface area contributed by atoms with Crippen LogP contribution >= 0.6 is 0 Å². The van der Waals surface area contributed by atoms with Gasteiger partial charge in [0.05, 0.1) is 0 Å². The number of carbonyl (C=O) groups is 3. The summed E-state index contributed by atoms with van der Waals surface area (Å²) in [5, 5.41) is 5.73. The van der Waals surface area contributed by atoms with E-state index in [2.05, 4.69) is 17.6 Å². The molecule has 2 N–H and O–H groups in total. The van der Waals surface area contributed by atoms with Crippen molar-refractivity contribution < 1.29 is 19.1 Å². The van der Waals surface area contributed by atoms with Gasteiger partial charge in [-0.2, -0.15) is 0 Å². The van der Waals surface area contributed by atoms with Gasteiger partial charge in [-0.15, -0.1) is 0 Å². The number of amides is 3. The van der Waals surface area contributed by atoms with Crippen molar-refractivity contribution in [1.29, 1.82) is 0 Å². The molecule has 1 aliphatic rings. The summed E-state index contributed by atoms with van der Waals surface area (Å²) in [4.78, 5) is 37.9. The van der Waals surface area contributed by atoms with Gasteiger partial charge in [-0.1, -0.05) is 13.0 Å². The lowest BCUT2D eigenvalue weighted by molar-refractivity contribution is -0.127. The summed E-state index contributed by atoms with van der Waals surface area (Å²) in [7, 11) is 0. The van der Waals surface area contributed by atoms with Gasteiger partial charge in [-0.25, -0.2) is 0 Å². The molecule has 1 saturated heterocycles. The minimum absolute atomic E-state index is 0.0534. The van der Waals surface area contributed by atoms with Crippen LogP contribution in [-0.2, 0) is 14.3 Å². The topological polar surface area (TPSA) is 87.7 Å². The number of hydrogen-bond acceptors (Lipinski definition) is 4. The molecule has 7 nitrogen and oxygen atoms in total. The smallest absolute Gasteiger partial charge is 0.253 e. The first-order valence-electron chi connectivity index (χ1n) is 9.48. The third kappa shape index (κ3) is 6.06. The third-order valence-electron chi connectivity index (χ3n) is 4.76. The van der Waals surface area contributed by atoms with Crippen molar-refractivity contribution in [2.45, 2.75) is 39.7 Å². The van der Waals surface area contributed by atoms with E-state index in [1.807, 2.05) is 11.8 Å². The van der Waals surface area contributed by atoms with Crippen LogP contribution in [0.3, 0.4) is 0 Å². The average Bonchev–Trinajstić information content (AvgIpc) is 2.65. The SMILES string of the molecule is CCOCC(=O)N[C@H]1CCN(C(=O)c2cccc(NC(C)=O)c2)C[C@H]1CC. The summed E-state index contributed by atoms with van der Waals surface area (Å²) < 4.78 is 5.16. The molecule has 148 valence electrons. The average molecular weight is 375 g/mol. The van der Waals surface area contributed by atoms with Crippen molar-refractivity contribution in [1.82, 2.24) is 10.2 Å². The minimum Gasteiger partial charge on any atom is -0.372 e. The lowest BCUT2D eigenvalue weighted by Gasteiger charge is -2.38. The van der Waals surface area contributed by atoms with Gasteiger partial charge in [0.2, 0.25) is 11.8 Å². The molecule has 27 heavy (non-hydrogen) atoms. The number of carbonyl (C=O) groups excluding carboxylic acids is 3. The molecule has 1 fully saturated rings. The molecule has 1 aliphatic heterocycles. The Balaban J connectivity index is 1.99. The lowest BCUT2D eigenvalue weighted by atomic mass is 9.89. The minimum atomic E-state index is -0.172. The van der Waals surface area contributed by atoms with E-state index in [1.54, 1.807) is 24.3 Å². The molecule has 0 aromatic heterocycles. The second kappa shape index (κ2) is 10.1. The molecule has 0 saturated carbocycles. The third-order valence-corrected chi connectivity index (χ3v) is 4.76. The van der Waals surface area contributed by atoms with Crippen molar-refractivity contribution >= 4 is 23.4 Å². The van der Waals surface area contributed by atoms with Crippen molar-refractivity contribution in [3.05, 3.63) is 29.8 Å². The first-order valence-corrected chi connectivity index (χ1v) is 9.48. The van der Waals surface area contributed by atoms with Gasteiger partial charge in [0.25, 0.3) is 5.91 Å². The highest BCUT2D eigenvalue weighted by Gasteiger charge is 2.31. The second-order valence-corrected chi connectivity index (χ2v) is 6.78. The Kier molecular flexibility index (Phi) is 7.79. The molecule has 2 rings (SSSR count). The van der Waals surface area contributed by atoms with E-state index < -0.39 is 0 Å². The fourth-order valence-corrected chi connectivity index (χ4v) is 3.38. The standard InChI is InChI=1S/C20H29N3O4/c1-4-15-12-23(10-9-18(15)22-19(25)13-27-5-2)20(26)16-7-6-8-17(11-16)21-14(3)24/h6-8,11,15,18H,4-5,9-10,12-13H2,1-3H3,(H,21,24)(H,22,25)/t15-,18+/m1/s1. The maximum absolute atomic E-state index is 12.9. The Hall–Kier alpha value is -2.41. The number of benzene rings is 1. The largest absolute Gasteiger partial charge is 0.372 e. The van der Waals surface area contributed by atoms with E-state index in [4.69, 9.17) is 4.74 Å². The van der Waals surface area contributed by atoms with Gasteiger partial charge < -0.3 is 20.3 Å². The van der Waals surface area contributed by atoms with E-state index in [1.165, 1.54) is 6.92 Å². The predicted molar refractivity (Wildman–Crippen MR) is 103 cm³/mol. The molecule has 3 amide bonds. The maximum atomic E-state index is 12.9. The Morgan fingerprint density at radius 1 is 1.26 bits per heavy atom. The number of anilines is 1. The monoisotopic (exact) mass is 375 g/mol. The molecule has 0 aliphatic carbocycles. The second-order valence-electron chi connectivity index (χ2n) is 6.78. The van der Waals surface area contributed by atoms with Gasteiger partial charge in [0, 0.05) is 43.9 Å². The zero-order valence-corrected chi connectivity index (χ0v) is 16.3. The van der Waals surface area contributed by atoms with Crippen LogP contribution < -0.4 is 10.6 Å². The molecule has 1 heterocycles. The van der Waals surface area contributed by atoms with Crippen molar-refractivity contribution in [3.8, 4) is 0 Å². The van der Waals surface area contributed by atoms with Crippen LogP contribution in [0.4, 0.5) is 5.69 Å². The van der Waals surface area contributed by atoms with Crippen LogP contribution in [0, 0.1) is 5.92 Å². The number of hydrogen-bond donors (Lipinski definition) is 2.